The minimum Gasteiger partial charge on any atom is -0.379 e. The van der Waals surface area contributed by atoms with Gasteiger partial charge in [-0.3, -0.25) is 24.1 Å². The van der Waals surface area contributed by atoms with E-state index in [4.69, 9.17) is 9.47 Å². The van der Waals surface area contributed by atoms with E-state index in [0.29, 0.717) is 19.4 Å². The second kappa shape index (κ2) is 21.8. The summed E-state index contributed by atoms with van der Waals surface area (Å²) in [6.45, 7) is 14.3. The highest BCUT2D eigenvalue weighted by Crippen LogP contribution is 2.30. The van der Waals surface area contributed by atoms with Gasteiger partial charge in [0.05, 0.1) is 48.7 Å². The summed E-state index contributed by atoms with van der Waals surface area (Å²) in [5, 5.41) is 9.02. The minimum atomic E-state index is -0.751. The van der Waals surface area contributed by atoms with E-state index in [0.717, 1.165) is 23.4 Å². The number of hydrogen-bond donors (Lipinski definition) is 2. The van der Waals surface area contributed by atoms with Crippen LogP contribution in [-0.4, -0.2) is 122 Å². The molecule has 1 saturated heterocycles. The van der Waals surface area contributed by atoms with Crippen LogP contribution in [0.5, 0.6) is 0 Å². The van der Waals surface area contributed by atoms with Gasteiger partial charge in [0.1, 0.15) is 11.0 Å². The van der Waals surface area contributed by atoms with Crippen LogP contribution < -0.4 is 10.6 Å². The van der Waals surface area contributed by atoms with Gasteiger partial charge in [0.25, 0.3) is 0 Å². The molecule has 0 bridgehead atoms. The Kier molecular flexibility index (Phi) is 18.2. The first-order chi connectivity index (χ1) is 26.1. The Labute approximate surface area is 334 Å². The molecule has 1 aromatic carbocycles. The van der Waals surface area contributed by atoms with Gasteiger partial charge >= 0.3 is 0 Å². The molecule has 2 N–H and O–H groups in total. The summed E-state index contributed by atoms with van der Waals surface area (Å²) in [7, 11) is 8.66. The first kappa shape index (κ1) is 46.0. The Morgan fingerprint density at radius 3 is 2.15 bits per heavy atom. The zero-order chi connectivity index (χ0) is 41.0. The highest BCUT2D eigenvalue weighted by Gasteiger charge is 2.43. The third-order valence-electron chi connectivity index (χ3n) is 11.3. The smallest absolute Gasteiger partial charge is 0.245 e. The number of nitrogens with zero attached hydrogens (tertiary/aromatic N) is 4. The number of hydrogen-bond acceptors (Lipinski definition) is 9. The Hall–Kier alpha value is -3.39. The van der Waals surface area contributed by atoms with Crippen LogP contribution in [0.15, 0.2) is 41.9 Å². The number of rotatable bonds is 21. The summed E-state index contributed by atoms with van der Waals surface area (Å²) in [6, 6.07) is 7.83. The molecule has 2 heterocycles. The first-order valence-electron chi connectivity index (χ1n) is 19.9. The van der Waals surface area contributed by atoms with Crippen LogP contribution in [0, 0.1) is 23.7 Å². The molecule has 0 aliphatic carbocycles. The molecular formula is C42H68N6O6S. The molecule has 0 radical (unpaired) electrons. The van der Waals surface area contributed by atoms with Crippen molar-refractivity contribution in [3.8, 4) is 0 Å². The number of carbonyl (C=O) groups excluding carboxylic acids is 4. The number of methoxy groups -OCH3 is 2. The van der Waals surface area contributed by atoms with Gasteiger partial charge in [0.15, 0.2) is 0 Å². The van der Waals surface area contributed by atoms with Gasteiger partial charge in [0.2, 0.25) is 23.6 Å². The van der Waals surface area contributed by atoms with E-state index in [9.17, 15) is 19.2 Å². The number of nitrogens with one attached hydrogen (secondary N) is 2. The van der Waals surface area contributed by atoms with Crippen LogP contribution in [-0.2, 0) is 35.1 Å². The predicted octanol–water partition coefficient (Wildman–Crippen LogP) is 5.19. The summed E-state index contributed by atoms with van der Waals surface area (Å²) in [5.74, 6) is -1.35. The molecule has 0 spiro atoms. The Morgan fingerprint density at radius 1 is 0.945 bits per heavy atom. The Bertz CT molecular complexity index is 1480. The van der Waals surface area contributed by atoms with Crippen molar-refractivity contribution in [1.29, 1.82) is 0 Å². The lowest BCUT2D eigenvalue weighted by atomic mass is 9.89. The van der Waals surface area contributed by atoms with Crippen LogP contribution in [0.1, 0.15) is 90.8 Å². The molecule has 308 valence electrons. The van der Waals surface area contributed by atoms with E-state index in [1.54, 1.807) is 32.4 Å². The lowest BCUT2D eigenvalue weighted by Crippen LogP contribution is -2.59. The van der Waals surface area contributed by atoms with E-state index in [1.165, 1.54) is 11.3 Å². The van der Waals surface area contributed by atoms with Crippen LogP contribution >= 0.6 is 11.3 Å². The van der Waals surface area contributed by atoms with E-state index in [2.05, 4.69) is 29.5 Å². The highest BCUT2D eigenvalue weighted by molar-refractivity contribution is 7.09. The number of thiazole rings is 1. The van der Waals surface area contributed by atoms with Crippen LogP contribution in [0.3, 0.4) is 0 Å². The molecule has 1 aliphatic rings. The zero-order valence-electron chi connectivity index (χ0n) is 35.3. The molecule has 0 saturated carbocycles. The van der Waals surface area contributed by atoms with Gasteiger partial charge in [0, 0.05) is 39.4 Å². The number of likely N-dealkylation sites (N-methyl/N-ethyl adjacent to an activating group) is 2. The standard InChI is InChI=1S/C42H68N6O6S/c1-13-28(6)37(47(10)42(52)35(26(2)3)45-40(51)36(27(4)5)46(8)9)33(53-11)25-34(49)48-22-17-20-32(48)38(54-12)29(7)39(50)44-31(41-43-21-23-55-41)24-30-18-15-14-16-19-30/h14-16,18-19,21,23,26-29,31-33,35-38H,13,17,20,22,24-25H2,1-12H3,(H,44,50)(H,45,51)/t28-,29-,31+,32-,33-,35-,36-,37-,38-/m1/s1. The molecule has 4 amide bonds. The van der Waals surface area contributed by atoms with E-state index in [-0.39, 0.29) is 65.9 Å². The second-order valence-corrected chi connectivity index (χ2v) is 17.0. The largest absolute Gasteiger partial charge is 0.379 e. The van der Waals surface area contributed by atoms with E-state index >= 15 is 0 Å². The molecule has 1 aromatic heterocycles. The van der Waals surface area contributed by atoms with Crippen molar-refractivity contribution in [1.82, 2.24) is 30.3 Å². The van der Waals surface area contributed by atoms with Crippen molar-refractivity contribution < 1.29 is 28.7 Å². The maximum atomic E-state index is 14.3. The minimum absolute atomic E-state index is 0.00751. The number of likely N-dealkylation sites (tertiary alicyclic amines) is 1. The summed E-state index contributed by atoms with van der Waals surface area (Å²) >= 11 is 1.51. The average molecular weight is 785 g/mol. The maximum absolute atomic E-state index is 14.3. The molecule has 9 atom stereocenters. The predicted molar refractivity (Wildman–Crippen MR) is 218 cm³/mol. The van der Waals surface area contributed by atoms with E-state index in [1.807, 2.05) is 94.2 Å². The molecule has 12 nitrogen and oxygen atoms in total. The highest BCUT2D eigenvalue weighted by atomic mass is 32.1. The van der Waals surface area contributed by atoms with Crippen molar-refractivity contribution in [2.75, 3.05) is 41.9 Å². The molecule has 2 aromatic rings. The van der Waals surface area contributed by atoms with Gasteiger partial charge in [-0.15, -0.1) is 11.3 Å². The molecule has 3 rings (SSSR count). The normalized spacial score (nSPS) is 19.0. The number of benzene rings is 1. The van der Waals surface area contributed by atoms with Gasteiger partial charge in [-0.1, -0.05) is 85.2 Å². The SMILES string of the molecule is CC[C@@H](C)[C@H]([C@@H](CC(=O)N1CCC[C@@H]1[C@H](OC)[C@@H](C)C(=O)N[C@@H](Cc1ccccc1)c1nccs1)OC)N(C)C(=O)[C@H](NC(=O)[C@@H](C(C)C)N(C)C)C(C)C. The summed E-state index contributed by atoms with van der Waals surface area (Å²) in [5.41, 5.74) is 1.09. The number of ether oxygens (including phenoxy) is 2. The van der Waals surface area contributed by atoms with Gasteiger partial charge in [-0.05, 0) is 56.7 Å². The van der Waals surface area contributed by atoms with Crippen molar-refractivity contribution in [2.24, 2.45) is 23.7 Å². The first-order valence-corrected chi connectivity index (χ1v) is 20.8. The summed E-state index contributed by atoms with van der Waals surface area (Å²) < 4.78 is 12.1. The van der Waals surface area contributed by atoms with Gasteiger partial charge < -0.3 is 29.9 Å². The zero-order valence-corrected chi connectivity index (χ0v) is 36.1. The van der Waals surface area contributed by atoms with E-state index < -0.39 is 30.2 Å². The Balaban J connectivity index is 1.79. The third-order valence-corrected chi connectivity index (χ3v) is 12.2. The number of aromatic nitrogens is 1. The maximum Gasteiger partial charge on any atom is 0.245 e. The number of carbonyl (C=O) groups is 4. The number of amides is 4. The lowest BCUT2D eigenvalue weighted by Gasteiger charge is -2.41. The lowest BCUT2D eigenvalue weighted by molar-refractivity contribution is -0.148. The van der Waals surface area contributed by atoms with Gasteiger partial charge in [-0.2, -0.15) is 0 Å². The average Bonchev–Trinajstić information content (AvgIpc) is 3.87. The van der Waals surface area contributed by atoms with Crippen molar-refractivity contribution in [3.63, 3.8) is 0 Å². The molecular weight excluding hydrogens is 717 g/mol. The molecule has 1 fully saturated rings. The monoisotopic (exact) mass is 784 g/mol. The van der Waals surface area contributed by atoms with Crippen LogP contribution in [0.25, 0.3) is 0 Å². The summed E-state index contributed by atoms with van der Waals surface area (Å²) in [6.07, 6.45) is 3.49. The van der Waals surface area contributed by atoms with Gasteiger partial charge in [-0.25, -0.2) is 4.98 Å². The van der Waals surface area contributed by atoms with Crippen LogP contribution in [0.2, 0.25) is 0 Å². The summed E-state index contributed by atoms with van der Waals surface area (Å²) in [4.78, 5) is 65.8. The second-order valence-electron chi connectivity index (χ2n) is 16.1. The Morgan fingerprint density at radius 2 is 1.62 bits per heavy atom. The van der Waals surface area contributed by atoms with Crippen LogP contribution in [0.4, 0.5) is 0 Å². The molecule has 55 heavy (non-hydrogen) atoms. The van der Waals surface area contributed by atoms with Crippen molar-refractivity contribution in [2.45, 2.75) is 123 Å². The third kappa shape index (κ3) is 12.1. The fraction of sp³-hybridized carbons (Fsp3) is 0.690. The topological polar surface area (TPSA) is 133 Å². The molecule has 0 unspecified atom stereocenters. The van der Waals surface area contributed by atoms with Crippen molar-refractivity contribution in [3.05, 3.63) is 52.5 Å². The molecule has 13 heteroatoms. The van der Waals surface area contributed by atoms with Crippen molar-refractivity contribution >= 4 is 35.0 Å². The fourth-order valence-corrected chi connectivity index (χ4v) is 8.86. The fourth-order valence-electron chi connectivity index (χ4n) is 8.17. The molecule has 1 aliphatic heterocycles. The quantitative estimate of drug-likeness (QED) is 0.177.